The summed E-state index contributed by atoms with van der Waals surface area (Å²) in [5.74, 6) is -3.10. The molecule has 2 aromatic carbocycles. The topological polar surface area (TPSA) is 104 Å². The highest BCUT2D eigenvalue weighted by Gasteiger charge is 2.44. The lowest BCUT2D eigenvalue weighted by Gasteiger charge is -2.29. The molecule has 8 nitrogen and oxygen atoms in total. The molecule has 3 N–H and O–H groups in total. The molecule has 0 aliphatic carbocycles. The van der Waals surface area contributed by atoms with Gasteiger partial charge in [-0.05, 0) is 56.7 Å². The predicted molar refractivity (Wildman–Crippen MR) is 159 cm³/mol. The van der Waals surface area contributed by atoms with Gasteiger partial charge in [-0.1, -0.05) is 30.3 Å². The first-order chi connectivity index (χ1) is 20.7. The molecular weight excluding hydrogens is 574 g/mol. The van der Waals surface area contributed by atoms with Crippen LogP contribution in [0.25, 0.3) is 0 Å². The highest BCUT2D eigenvalue weighted by atomic mass is 32.1. The van der Waals surface area contributed by atoms with Crippen molar-refractivity contribution in [2.24, 2.45) is 0 Å². The number of likely N-dealkylation sites (tertiary alicyclic amines) is 1. The van der Waals surface area contributed by atoms with E-state index in [-0.39, 0.29) is 23.9 Å². The Morgan fingerprint density at radius 1 is 1.26 bits per heavy atom. The van der Waals surface area contributed by atoms with Crippen LogP contribution in [-0.2, 0) is 12.8 Å². The summed E-state index contributed by atoms with van der Waals surface area (Å²) in [7, 11) is 0. The fraction of sp³-hybridized carbons (Fsp3) is 0.469. The van der Waals surface area contributed by atoms with Gasteiger partial charge in [-0.2, -0.15) is 0 Å². The van der Waals surface area contributed by atoms with Crippen LogP contribution < -0.4 is 15.4 Å². The minimum atomic E-state index is -2.93. The monoisotopic (exact) mass is 610 g/mol. The molecule has 2 fully saturated rings. The maximum absolute atomic E-state index is 14.1. The van der Waals surface area contributed by atoms with Crippen LogP contribution in [0.5, 0.6) is 5.75 Å². The quantitative estimate of drug-likeness (QED) is 0.348. The van der Waals surface area contributed by atoms with Crippen molar-refractivity contribution in [1.29, 1.82) is 0 Å². The van der Waals surface area contributed by atoms with E-state index < -0.39 is 43.0 Å². The molecule has 4 atom stereocenters. The highest BCUT2D eigenvalue weighted by Crippen LogP contribution is 2.37. The third-order valence-electron chi connectivity index (χ3n) is 8.55. The van der Waals surface area contributed by atoms with Crippen LogP contribution in [0.3, 0.4) is 0 Å². The standard InChI is InChI=1S/C32H36F2N4O4S/c1-19-17-43-30(36-19)26-10-5-11-38(26)31(41)23-14-21(15-27-22(23)9-6-12-42-27)29(40)37-24(13-20-7-3-2-4-8-20)28(39)25-16-32(33,34)18-35-25/h2-4,7-8,14-15,17,24-26,28,35,39H,5-6,9-13,16,18H2,1H3,(H,37,40)/t24-,25+,26?,28-/m0/s1. The van der Waals surface area contributed by atoms with Gasteiger partial charge < -0.3 is 25.4 Å². The number of fused-ring (bicyclic) bond motifs is 1. The van der Waals surface area contributed by atoms with Crippen molar-refractivity contribution >= 4 is 23.2 Å². The number of aromatic nitrogens is 1. The molecule has 43 heavy (non-hydrogen) atoms. The van der Waals surface area contributed by atoms with Gasteiger partial charge in [-0.3, -0.25) is 9.59 Å². The number of nitrogens with one attached hydrogen (secondary N) is 2. The molecule has 3 aromatic rings. The molecule has 2 saturated heterocycles. The molecule has 2 amide bonds. The predicted octanol–water partition coefficient (Wildman–Crippen LogP) is 4.45. The number of ether oxygens (including phenoxy) is 1. The largest absolute Gasteiger partial charge is 0.493 e. The summed E-state index contributed by atoms with van der Waals surface area (Å²) in [5, 5.41) is 19.7. The average Bonchev–Trinajstić information content (AvgIpc) is 3.75. The fourth-order valence-electron chi connectivity index (χ4n) is 6.38. The Balaban J connectivity index is 1.29. The number of nitrogens with zero attached hydrogens (tertiary/aromatic N) is 2. The van der Waals surface area contributed by atoms with Gasteiger partial charge in [0.05, 0.1) is 31.3 Å². The van der Waals surface area contributed by atoms with Gasteiger partial charge >= 0.3 is 0 Å². The number of alkyl halides is 2. The first-order valence-corrected chi connectivity index (χ1v) is 15.7. The van der Waals surface area contributed by atoms with Crippen molar-refractivity contribution in [2.45, 2.75) is 75.6 Å². The van der Waals surface area contributed by atoms with Gasteiger partial charge in [-0.15, -0.1) is 11.3 Å². The highest BCUT2D eigenvalue weighted by molar-refractivity contribution is 7.09. The lowest BCUT2D eigenvalue weighted by atomic mass is 9.93. The Morgan fingerprint density at radius 2 is 2.07 bits per heavy atom. The Morgan fingerprint density at radius 3 is 2.79 bits per heavy atom. The van der Waals surface area contributed by atoms with Gasteiger partial charge in [0.1, 0.15) is 10.8 Å². The number of hydrogen-bond acceptors (Lipinski definition) is 7. The Bertz CT molecular complexity index is 1480. The van der Waals surface area contributed by atoms with E-state index in [2.05, 4.69) is 15.6 Å². The third kappa shape index (κ3) is 6.44. The summed E-state index contributed by atoms with van der Waals surface area (Å²) in [4.78, 5) is 34.4. The Hall–Kier alpha value is -3.41. The minimum absolute atomic E-state index is 0.119. The summed E-state index contributed by atoms with van der Waals surface area (Å²) in [6.07, 6.45) is 1.57. The van der Waals surface area contributed by atoms with Crippen LogP contribution in [-0.4, -0.2) is 70.6 Å². The third-order valence-corrected chi connectivity index (χ3v) is 9.61. The zero-order valence-electron chi connectivity index (χ0n) is 24.0. The minimum Gasteiger partial charge on any atom is -0.493 e. The van der Waals surface area contributed by atoms with Crippen molar-refractivity contribution < 1.29 is 28.2 Å². The number of amides is 2. The average molecular weight is 611 g/mol. The van der Waals surface area contributed by atoms with E-state index in [9.17, 15) is 23.5 Å². The van der Waals surface area contributed by atoms with Crippen molar-refractivity contribution in [3.63, 3.8) is 0 Å². The van der Waals surface area contributed by atoms with Crippen LogP contribution >= 0.6 is 11.3 Å². The molecule has 0 bridgehead atoms. The second-order valence-corrected chi connectivity index (χ2v) is 12.6. The number of rotatable bonds is 8. The molecule has 228 valence electrons. The van der Waals surface area contributed by atoms with Crippen LogP contribution in [0, 0.1) is 6.92 Å². The lowest BCUT2D eigenvalue weighted by Crippen LogP contribution is -2.52. The molecule has 3 aliphatic rings. The summed E-state index contributed by atoms with van der Waals surface area (Å²) in [5.41, 5.74) is 3.21. The van der Waals surface area contributed by atoms with E-state index in [0.29, 0.717) is 30.9 Å². The molecule has 0 spiro atoms. The Kier molecular flexibility index (Phi) is 8.48. The number of aryl methyl sites for hydroxylation is 1. The molecule has 0 radical (unpaired) electrons. The van der Waals surface area contributed by atoms with E-state index >= 15 is 0 Å². The maximum atomic E-state index is 14.1. The number of benzene rings is 2. The molecule has 1 aromatic heterocycles. The SMILES string of the molecule is Cc1csc(C2CCCN2C(=O)c2cc(C(=O)N[C@@H](Cc3ccccc3)[C@H](O)[C@H]3CC(F)(F)CN3)cc3c2CCCO3)n1. The number of carbonyl (C=O) groups excluding carboxylic acids is 2. The van der Waals surface area contributed by atoms with Crippen LogP contribution in [0.1, 0.15) is 74.3 Å². The number of hydrogen-bond donors (Lipinski definition) is 3. The van der Waals surface area contributed by atoms with Crippen molar-refractivity contribution in [2.75, 3.05) is 19.7 Å². The van der Waals surface area contributed by atoms with Crippen molar-refractivity contribution in [1.82, 2.24) is 20.5 Å². The van der Waals surface area contributed by atoms with Crippen molar-refractivity contribution in [3.05, 3.63) is 80.8 Å². The molecule has 1 unspecified atom stereocenters. The summed E-state index contributed by atoms with van der Waals surface area (Å²) >= 11 is 1.55. The second-order valence-electron chi connectivity index (χ2n) is 11.7. The zero-order valence-corrected chi connectivity index (χ0v) is 24.8. The van der Waals surface area contributed by atoms with Gasteiger partial charge in [0.15, 0.2) is 0 Å². The van der Waals surface area contributed by atoms with Crippen LogP contribution in [0.2, 0.25) is 0 Å². The van der Waals surface area contributed by atoms with E-state index in [1.165, 1.54) is 0 Å². The van der Waals surface area contributed by atoms with Gasteiger partial charge in [0.25, 0.3) is 17.7 Å². The van der Waals surface area contributed by atoms with Crippen LogP contribution in [0.15, 0.2) is 47.8 Å². The molecule has 0 saturated carbocycles. The summed E-state index contributed by atoms with van der Waals surface area (Å²) in [6.45, 7) is 2.49. The maximum Gasteiger partial charge on any atom is 0.261 e. The molecule has 3 aliphatic heterocycles. The van der Waals surface area contributed by atoms with E-state index in [1.807, 2.05) is 47.5 Å². The first-order valence-electron chi connectivity index (χ1n) is 14.9. The number of carbonyl (C=O) groups is 2. The number of thiazole rings is 1. The number of aliphatic hydroxyl groups excluding tert-OH is 1. The van der Waals surface area contributed by atoms with Gasteiger partial charge in [0.2, 0.25) is 0 Å². The van der Waals surface area contributed by atoms with E-state index in [0.717, 1.165) is 41.1 Å². The normalized spacial score (nSPS) is 22.5. The number of halogens is 2. The molecule has 4 heterocycles. The fourth-order valence-corrected chi connectivity index (χ4v) is 7.32. The summed E-state index contributed by atoms with van der Waals surface area (Å²) < 4.78 is 33.9. The first kappa shape index (κ1) is 29.7. The van der Waals surface area contributed by atoms with Gasteiger partial charge in [-0.25, -0.2) is 13.8 Å². The Labute approximate surface area is 253 Å². The lowest BCUT2D eigenvalue weighted by molar-refractivity contribution is 0.0112. The number of aliphatic hydroxyl groups is 1. The second kappa shape index (κ2) is 12.3. The van der Waals surface area contributed by atoms with E-state index in [4.69, 9.17) is 4.74 Å². The van der Waals surface area contributed by atoms with Crippen molar-refractivity contribution in [3.8, 4) is 5.75 Å². The zero-order chi connectivity index (χ0) is 30.1. The molecule has 11 heteroatoms. The molecule has 6 rings (SSSR count). The molecular formula is C32H36F2N4O4S. The van der Waals surface area contributed by atoms with Gasteiger partial charge in [0, 0.05) is 46.8 Å². The van der Waals surface area contributed by atoms with Crippen LogP contribution in [0.4, 0.5) is 8.78 Å². The summed E-state index contributed by atoms with van der Waals surface area (Å²) in [6, 6.07) is 10.7. The van der Waals surface area contributed by atoms with E-state index in [1.54, 1.807) is 23.5 Å². The smallest absolute Gasteiger partial charge is 0.261 e.